The number of imidazole rings is 1. The molecule has 13 nitrogen and oxygen atoms in total. The van der Waals surface area contributed by atoms with Crippen molar-refractivity contribution in [3.05, 3.63) is 82.2 Å². The molecule has 0 radical (unpaired) electrons. The number of methoxy groups -OCH3 is 1. The fraction of sp³-hybridized carbons (Fsp3) is 0.476. The van der Waals surface area contributed by atoms with Crippen LogP contribution in [0.15, 0.2) is 59.5 Å². The van der Waals surface area contributed by atoms with Crippen molar-refractivity contribution < 1.29 is 23.5 Å². The molecule has 2 aromatic carbocycles. The molecule has 3 aromatic heterocycles. The zero-order valence-corrected chi connectivity index (χ0v) is 32.4. The van der Waals surface area contributed by atoms with Crippen LogP contribution in [0, 0.1) is 5.92 Å². The van der Waals surface area contributed by atoms with Gasteiger partial charge in [-0.15, -0.1) is 0 Å². The van der Waals surface area contributed by atoms with Crippen molar-refractivity contribution >= 4 is 45.3 Å². The summed E-state index contributed by atoms with van der Waals surface area (Å²) in [5, 5.41) is 11.1. The van der Waals surface area contributed by atoms with Crippen LogP contribution < -0.4 is 21.1 Å². The van der Waals surface area contributed by atoms with Crippen molar-refractivity contribution in [1.82, 2.24) is 34.1 Å². The molecule has 5 aromatic rings. The molecule has 294 valence electrons. The van der Waals surface area contributed by atoms with Crippen LogP contribution in [0.4, 0.5) is 10.1 Å². The number of carbonyl (C=O) groups is 3. The number of likely N-dealkylation sites (tertiary alicyclic amines) is 1. The van der Waals surface area contributed by atoms with Gasteiger partial charge in [0, 0.05) is 37.7 Å². The Morgan fingerprint density at radius 1 is 1.00 bits per heavy atom. The number of nitrogens with one attached hydrogen (secondary N) is 2. The van der Waals surface area contributed by atoms with Crippen LogP contribution in [0.1, 0.15) is 105 Å². The number of halogens is 1. The summed E-state index contributed by atoms with van der Waals surface area (Å²) in [6, 6.07) is 14.1. The number of imide groups is 1. The number of para-hydroxylation sites is 1. The topological polar surface area (TPSA) is 145 Å². The molecule has 1 aliphatic carbocycles. The summed E-state index contributed by atoms with van der Waals surface area (Å²) in [7, 11) is 3.33. The van der Waals surface area contributed by atoms with Gasteiger partial charge in [0.05, 0.1) is 41.1 Å². The second-order valence-corrected chi connectivity index (χ2v) is 16.2. The third-order valence-corrected chi connectivity index (χ3v) is 12.1. The lowest BCUT2D eigenvalue weighted by atomic mass is 9.84. The highest BCUT2D eigenvalue weighted by Gasteiger charge is 2.33. The zero-order valence-electron chi connectivity index (χ0n) is 32.4. The minimum atomic E-state index is -1.67. The van der Waals surface area contributed by atoms with E-state index in [-0.39, 0.29) is 35.4 Å². The third-order valence-electron chi connectivity index (χ3n) is 12.1. The number of nitrogens with zero attached hydrogens (tertiary/aromatic N) is 6. The van der Waals surface area contributed by atoms with E-state index in [0.717, 1.165) is 85.7 Å². The molecule has 2 saturated heterocycles. The summed E-state index contributed by atoms with van der Waals surface area (Å²) < 4.78 is 25.4. The fourth-order valence-corrected chi connectivity index (χ4v) is 9.02. The van der Waals surface area contributed by atoms with E-state index in [4.69, 9.17) is 9.84 Å². The van der Waals surface area contributed by atoms with Crippen molar-refractivity contribution in [3.63, 3.8) is 0 Å². The highest BCUT2D eigenvalue weighted by molar-refractivity contribution is 6.05. The largest absolute Gasteiger partial charge is 0.494 e. The first-order chi connectivity index (χ1) is 26.9. The average Bonchev–Trinajstić information content (AvgIpc) is 3.72. The Hall–Kier alpha value is -5.37. The predicted octanol–water partition coefficient (Wildman–Crippen LogP) is 6.14. The molecule has 1 saturated carbocycles. The number of hydrogen-bond acceptors (Lipinski definition) is 8. The molecule has 56 heavy (non-hydrogen) atoms. The second-order valence-electron chi connectivity index (χ2n) is 16.2. The number of fused-ring (bicyclic) bond motifs is 2. The van der Waals surface area contributed by atoms with Gasteiger partial charge in [-0.2, -0.15) is 5.10 Å². The van der Waals surface area contributed by atoms with Crippen LogP contribution in [0.25, 0.3) is 21.9 Å². The van der Waals surface area contributed by atoms with Crippen LogP contribution >= 0.6 is 0 Å². The van der Waals surface area contributed by atoms with E-state index in [0.29, 0.717) is 29.7 Å². The summed E-state index contributed by atoms with van der Waals surface area (Å²) in [6.07, 6.45) is 8.86. The maximum absolute atomic E-state index is 14.5. The monoisotopic (exact) mass is 764 g/mol. The number of alkyl halides is 1. The summed E-state index contributed by atoms with van der Waals surface area (Å²) >= 11 is 0. The Morgan fingerprint density at radius 2 is 1.75 bits per heavy atom. The van der Waals surface area contributed by atoms with Crippen molar-refractivity contribution in [2.75, 3.05) is 32.1 Å². The third kappa shape index (κ3) is 7.22. The van der Waals surface area contributed by atoms with Crippen LogP contribution in [-0.2, 0) is 22.3 Å². The molecule has 2 N–H and O–H groups in total. The van der Waals surface area contributed by atoms with E-state index in [2.05, 4.69) is 31.3 Å². The number of carbonyl (C=O) groups excluding carboxylic acids is 3. The van der Waals surface area contributed by atoms with Crippen molar-refractivity contribution in [2.24, 2.45) is 13.0 Å². The molecule has 3 fully saturated rings. The van der Waals surface area contributed by atoms with Gasteiger partial charge in [-0.25, -0.2) is 14.2 Å². The fourth-order valence-electron chi connectivity index (χ4n) is 9.02. The van der Waals surface area contributed by atoms with Crippen molar-refractivity contribution in [2.45, 2.75) is 88.9 Å². The lowest BCUT2D eigenvalue weighted by Crippen LogP contribution is -2.44. The molecule has 2 aliphatic heterocycles. The van der Waals surface area contributed by atoms with Crippen LogP contribution in [0.3, 0.4) is 0 Å². The van der Waals surface area contributed by atoms with Crippen LogP contribution in [0.5, 0.6) is 5.75 Å². The lowest BCUT2D eigenvalue weighted by Gasteiger charge is -2.37. The molecule has 1 unspecified atom stereocenters. The SMILES string of the molecule is COc1cc2nn(C3CCC(CN4CCC(c5cccc6c5n(C)c(=O)n6C5CCC(=O)NC5=O)CC4)CC3)cc2cc1NC(=O)c1cccc(C(C)(C)F)n1. The van der Waals surface area contributed by atoms with Crippen molar-refractivity contribution in [3.8, 4) is 5.75 Å². The van der Waals surface area contributed by atoms with Gasteiger partial charge in [-0.3, -0.25) is 33.5 Å². The molecule has 0 bridgehead atoms. The number of aryl methyl sites for hydroxylation is 1. The first-order valence-corrected chi connectivity index (χ1v) is 19.7. The Morgan fingerprint density at radius 3 is 2.46 bits per heavy atom. The minimum absolute atomic E-state index is 0.122. The summed E-state index contributed by atoms with van der Waals surface area (Å²) in [5.41, 5.74) is 2.47. The van der Waals surface area contributed by atoms with Gasteiger partial charge in [0.15, 0.2) is 0 Å². The molecule has 8 rings (SSSR count). The van der Waals surface area contributed by atoms with Gasteiger partial charge in [-0.1, -0.05) is 18.2 Å². The van der Waals surface area contributed by atoms with E-state index >= 15 is 0 Å². The van der Waals surface area contributed by atoms with E-state index in [1.807, 2.05) is 30.5 Å². The van der Waals surface area contributed by atoms with Crippen LogP contribution in [0.2, 0.25) is 0 Å². The zero-order chi connectivity index (χ0) is 39.3. The lowest BCUT2D eigenvalue weighted by molar-refractivity contribution is -0.135. The Bertz CT molecular complexity index is 2380. The first-order valence-electron chi connectivity index (χ1n) is 19.7. The van der Waals surface area contributed by atoms with Gasteiger partial charge < -0.3 is 15.0 Å². The highest BCUT2D eigenvalue weighted by atomic mass is 19.1. The number of ether oxygens (including phenoxy) is 1. The molecule has 3 amide bonds. The van der Waals surface area contributed by atoms with Gasteiger partial charge in [0.2, 0.25) is 11.8 Å². The highest BCUT2D eigenvalue weighted by Crippen LogP contribution is 2.38. The van der Waals surface area contributed by atoms with Gasteiger partial charge in [0.25, 0.3) is 5.91 Å². The Kier molecular flexibility index (Phi) is 10.0. The van der Waals surface area contributed by atoms with E-state index < -0.39 is 23.5 Å². The Balaban J connectivity index is 0.877. The number of benzene rings is 2. The van der Waals surface area contributed by atoms with E-state index in [1.165, 1.54) is 13.8 Å². The molecule has 5 heterocycles. The maximum atomic E-state index is 14.5. The van der Waals surface area contributed by atoms with E-state index in [9.17, 15) is 23.6 Å². The van der Waals surface area contributed by atoms with E-state index in [1.54, 1.807) is 41.5 Å². The van der Waals surface area contributed by atoms with Crippen LogP contribution in [-0.4, -0.2) is 73.3 Å². The summed E-state index contributed by atoms with van der Waals surface area (Å²) in [5.74, 6) is 0.243. The molecular weight excluding hydrogens is 716 g/mol. The smallest absolute Gasteiger partial charge is 0.329 e. The quantitative estimate of drug-likeness (QED) is 0.171. The first kappa shape index (κ1) is 37.5. The molecule has 14 heteroatoms. The normalized spacial score (nSPS) is 21.4. The minimum Gasteiger partial charge on any atom is -0.494 e. The molecule has 3 aliphatic rings. The second kappa shape index (κ2) is 14.9. The number of anilines is 1. The summed E-state index contributed by atoms with van der Waals surface area (Å²) in [6.45, 7) is 5.86. The number of rotatable bonds is 9. The maximum Gasteiger partial charge on any atom is 0.329 e. The van der Waals surface area contributed by atoms with Gasteiger partial charge >= 0.3 is 5.69 Å². The molecule has 1 atom stereocenters. The standard InChI is InChI=1S/C42H49FN8O5/c1-42(2,43)36-10-6-8-30(44-36)39(53)45-32-21-27-24-50(47-31(27)22-35(32)56-4)28-13-11-25(12-14-28)23-49-19-17-26(18-20-49)29-7-5-9-33-38(29)48(3)41(55)51(33)34-15-16-37(52)46-40(34)54/h5-10,21-22,24-26,28,34H,11-20,23H2,1-4H3,(H,45,53)(H,46,52,54). The number of aromatic nitrogens is 5. The average molecular weight is 765 g/mol. The number of pyridine rings is 1. The number of amides is 3. The number of hydrogen-bond donors (Lipinski definition) is 2. The molecular formula is C42H49FN8O5. The number of piperidine rings is 2. The predicted molar refractivity (Wildman–Crippen MR) is 211 cm³/mol. The van der Waals surface area contributed by atoms with Crippen molar-refractivity contribution in [1.29, 1.82) is 0 Å². The van der Waals surface area contributed by atoms with Gasteiger partial charge in [-0.05, 0) is 114 Å². The summed E-state index contributed by atoms with van der Waals surface area (Å²) in [4.78, 5) is 57.9. The Labute approximate surface area is 324 Å². The van der Waals surface area contributed by atoms with Gasteiger partial charge in [0.1, 0.15) is 23.2 Å². The molecule has 0 spiro atoms.